The zero-order chi connectivity index (χ0) is 13.5. The third-order valence-corrected chi connectivity index (χ3v) is 2.09. The van der Waals surface area contributed by atoms with Crippen molar-refractivity contribution in [2.75, 3.05) is 6.61 Å². The molecule has 0 amide bonds. The SMILES string of the molecule is CCOC(=O)c1cc(C=CCC(=O)O)ccc1F. The van der Waals surface area contributed by atoms with Gasteiger partial charge in [-0.15, -0.1) is 0 Å². The molecule has 0 aliphatic rings. The van der Waals surface area contributed by atoms with Crippen molar-refractivity contribution in [3.63, 3.8) is 0 Å². The Morgan fingerprint density at radius 1 is 1.44 bits per heavy atom. The molecule has 0 aromatic heterocycles. The van der Waals surface area contributed by atoms with Crippen LogP contribution in [0.25, 0.3) is 6.08 Å². The van der Waals surface area contributed by atoms with Crippen molar-refractivity contribution in [2.24, 2.45) is 0 Å². The molecule has 0 unspecified atom stereocenters. The molecule has 1 rings (SSSR count). The fourth-order valence-corrected chi connectivity index (χ4v) is 1.31. The largest absolute Gasteiger partial charge is 0.481 e. The van der Waals surface area contributed by atoms with E-state index in [4.69, 9.17) is 9.84 Å². The highest BCUT2D eigenvalue weighted by atomic mass is 19.1. The fourth-order valence-electron chi connectivity index (χ4n) is 1.31. The Kier molecular flexibility index (Phi) is 5.05. The molecule has 0 bridgehead atoms. The first kappa shape index (κ1) is 13.9. The Bertz CT molecular complexity index is 480. The summed E-state index contributed by atoms with van der Waals surface area (Å²) in [4.78, 5) is 21.7. The van der Waals surface area contributed by atoms with Crippen LogP contribution in [-0.2, 0) is 9.53 Å². The predicted molar refractivity (Wildman–Crippen MR) is 63.6 cm³/mol. The number of hydrogen-bond donors (Lipinski definition) is 1. The zero-order valence-corrected chi connectivity index (χ0v) is 9.85. The lowest BCUT2D eigenvalue weighted by molar-refractivity contribution is -0.135. The van der Waals surface area contributed by atoms with E-state index in [2.05, 4.69) is 0 Å². The zero-order valence-electron chi connectivity index (χ0n) is 9.85. The molecular weight excluding hydrogens is 239 g/mol. The van der Waals surface area contributed by atoms with Gasteiger partial charge in [0.15, 0.2) is 0 Å². The molecule has 4 nitrogen and oxygen atoms in total. The molecule has 0 saturated heterocycles. The van der Waals surface area contributed by atoms with Crippen LogP contribution in [0.2, 0.25) is 0 Å². The third kappa shape index (κ3) is 4.01. The van der Waals surface area contributed by atoms with E-state index in [1.165, 1.54) is 24.3 Å². The molecule has 18 heavy (non-hydrogen) atoms. The summed E-state index contributed by atoms with van der Waals surface area (Å²) < 4.78 is 18.1. The van der Waals surface area contributed by atoms with Gasteiger partial charge < -0.3 is 9.84 Å². The van der Waals surface area contributed by atoms with E-state index in [9.17, 15) is 14.0 Å². The van der Waals surface area contributed by atoms with Crippen LogP contribution in [0.5, 0.6) is 0 Å². The van der Waals surface area contributed by atoms with Crippen LogP contribution in [0.3, 0.4) is 0 Å². The molecule has 1 aromatic carbocycles. The van der Waals surface area contributed by atoms with E-state index in [-0.39, 0.29) is 18.6 Å². The summed E-state index contributed by atoms with van der Waals surface area (Å²) in [5, 5.41) is 8.46. The molecule has 0 atom stereocenters. The fraction of sp³-hybridized carbons (Fsp3) is 0.231. The summed E-state index contributed by atoms with van der Waals surface area (Å²) in [5.74, 6) is -2.36. The smallest absolute Gasteiger partial charge is 0.341 e. The third-order valence-electron chi connectivity index (χ3n) is 2.09. The Morgan fingerprint density at radius 3 is 2.78 bits per heavy atom. The molecule has 0 fully saturated rings. The normalized spacial score (nSPS) is 10.6. The number of halogens is 1. The molecule has 0 radical (unpaired) electrons. The van der Waals surface area contributed by atoms with Crippen LogP contribution in [0.15, 0.2) is 24.3 Å². The van der Waals surface area contributed by atoms with Crippen LogP contribution in [0.4, 0.5) is 4.39 Å². The first-order chi connectivity index (χ1) is 8.54. The molecule has 0 aliphatic heterocycles. The van der Waals surface area contributed by atoms with Crippen molar-refractivity contribution in [3.8, 4) is 0 Å². The van der Waals surface area contributed by atoms with Gasteiger partial charge in [0.25, 0.3) is 0 Å². The average Bonchev–Trinajstić information content (AvgIpc) is 2.31. The second-order valence-corrected chi connectivity index (χ2v) is 3.46. The molecule has 5 heteroatoms. The predicted octanol–water partition coefficient (Wildman–Crippen LogP) is 2.49. The van der Waals surface area contributed by atoms with Gasteiger partial charge in [0.05, 0.1) is 18.6 Å². The van der Waals surface area contributed by atoms with Crippen molar-refractivity contribution >= 4 is 18.0 Å². The van der Waals surface area contributed by atoms with E-state index in [0.29, 0.717) is 5.56 Å². The Morgan fingerprint density at radius 2 is 2.17 bits per heavy atom. The van der Waals surface area contributed by atoms with Crippen molar-refractivity contribution in [1.82, 2.24) is 0 Å². The lowest BCUT2D eigenvalue weighted by Crippen LogP contribution is -2.07. The summed E-state index contributed by atoms with van der Waals surface area (Å²) in [6, 6.07) is 3.93. The number of carboxylic acid groups (broad SMARTS) is 1. The maximum absolute atomic E-state index is 13.4. The van der Waals surface area contributed by atoms with Crippen LogP contribution in [0, 0.1) is 5.82 Å². The van der Waals surface area contributed by atoms with E-state index < -0.39 is 17.8 Å². The van der Waals surface area contributed by atoms with Crippen molar-refractivity contribution in [3.05, 3.63) is 41.2 Å². The monoisotopic (exact) mass is 252 g/mol. The number of benzene rings is 1. The van der Waals surface area contributed by atoms with Gasteiger partial charge in [0.1, 0.15) is 5.82 Å². The topological polar surface area (TPSA) is 63.6 Å². The quantitative estimate of drug-likeness (QED) is 0.818. The van der Waals surface area contributed by atoms with Crippen molar-refractivity contribution < 1.29 is 23.8 Å². The number of hydrogen-bond acceptors (Lipinski definition) is 3. The lowest BCUT2D eigenvalue weighted by Gasteiger charge is -2.04. The van der Waals surface area contributed by atoms with Crippen molar-refractivity contribution in [1.29, 1.82) is 0 Å². The highest BCUT2D eigenvalue weighted by Crippen LogP contribution is 2.13. The maximum Gasteiger partial charge on any atom is 0.341 e. The van der Waals surface area contributed by atoms with Gasteiger partial charge >= 0.3 is 11.9 Å². The molecule has 96 valence electrons. The summed E-state index contributed by atoms with van der Waals surface area (Å²) in [6.07, 6.45) is 2.80. The highest BCUT2D eigenvalue weighted by molar-refractivity contribution is 5.90. The minimum absolute atomic E-state index is 0.133. The molecule has 0 spiro atoms. The van der Waals surface area contributed by atoms with Crippen LogP contribution in [0.1, 0.15) is 29.3 Å². The Hall–Kier alpha value is -2.17. The summed E-state index contributed by atoms with van der Waals surface area (Å²) in [7, 11) is 0. The summed E-state index contributed by atoms with van der Waals surface area (Å²) >= 11 is 0. The van der Waals surface area contributed by atoms with E-state index >= 15 is 0 Å². The van der Waals surface area contributed by atoms with Crippen LogP contribution < -0.4 is 0 Å². The minimum Gasteiger partial charge on any atom is -0.481 e. The molecule has 1 N–H and O–H groups in total. The summed E-state index contributed by atoms with van der Waals surface area (Å²) in [5.41, 5.74) is 0.384. The van der Waals surface area contributed by atoms with E-state index in [1.807, 2.05) is 0 Å². The number of ether oxygens (including phenoxy) is 1. The van der Waals surface area contributed by atoms with Gasteiger partial charge in [-0.3, -0.25) is 4.79 Å². The van der Waals surface area contributed by atoms with Gasteiger partial charge in [-0.2, -0.15) is 0 Å². The van der Waals surface area contributed by atoms with Gasteiger partial charge in [0, 0.05) is 0 Å². The molecule has 0 saturated carbocycles. The number of carbonyl (C=O) groups is 2. The second-order valence-electron chi connectivity index (χ2n) is 3.46. The number of rotatable bonds is 5. The number of carbonyl (C=O) groups excluding carboxylic acids is 1. The van der Waals surface area contributed by atoms with Gasteiger partial charge in [-0.05, 0) is 24.6 Å². The number of carboxylic acids is 1. The Balaban J connectivity index is 2.90. The van der Waals surface area contributed by atoms with Gasteiger partial charge in [-0.25, -0.2) is 9.18 Å². The first-order valence-corrected chi connectivity index (χ1v) is 5.39. The molecule has 0 aliphatic carbocycles. The second kappa shape index (κ2) is 6.54. The summed E-state index contributed by atoms with van der Waals surface area (Å²) in [6.45, 7) is 1.80. The van der Waals surface area contributed by atoms with E-state index in [0.717, 1.165) is 6.07 Å². The molecule has 1 aromatic rings. The van der Waals surface area contributed by atoms with Gasteiger partial charge in [-0.1, -0.05) is 18.2 Å². The average molecular weight is 252 g/mol. The van der Waals surface area contributed by atoms with E-state index in [1.54, 1.807) is 6.92 Å². The first-order valence-electron chi connectivity index (χ1n) is 5.39. The highest BCUT2D eigenvalue weighted by Gasteiger charge is 2.12. The number of esters is 1. The minimum atomic E-state index is -0.959. The standard InChI is InChI=1S/C13H13FO4/c1-2-18-13(17)10-8-9(6-7-11(10)14)4-3-5-12(15)16/h3-4,6-8H,2,5H2,1H3,(H,15,16). The van der Waals surface area contributed by atoms with Gasteiger partial charge in [0.2, 0.25) is 0 Å². The molecular formula is C13H13FO4. The van der Waals surface area contributed by atoms with Crippen molar-refractivity contribution in [2.45, 2.75) is 13.3 Å². The number of aliphatic carboxylic acids is 1. The maximum atomic E-state index is 13.4. The molecule has 0 heterocycles. The lowest BCUT2D eigenvalue weighted by atomic mass is 10.1. The van der Waals surface area contributed by atoms with Crippen LogP contribution >= 0.6 is 0 Å². The Labute approximate surface area is 104 Å². The van der Waals surface area contributed by atoms with Crippen LogP contribution in [-0.4, -0.2) is 23.7 Å².